The molecule has 46 heavy (non-hydrogen) atoms. The maximum Gasteiger partial charge on any atom is 0.305 e. The summed E-state index contributed by atoms with van der Waals surface area (Å²) in [5.74, 6) is -0.0790. The van der Waals surface area contributed by atoms with Crippen molar-refractivity contribution in [1.82, 2.24) is 9.80 Å². The number of esters is 2. The molecule has 0 radical (unpaired) electrons. The molecule has 0 atom stereocenters. The van der Waals surface area contributed by atoms with Crippen LogP contribution in [0.25, 0.3) is 0 Å². The third-order valence-corrected chi connectivity index (χ3v) is 9.77. The second-order valence-corrected chi connectivity index (χ2v) is 14.1. The molecule has 0 aromatic heterocycles. The van der Waals surface area contributed by atoms with E-state index >= 15 is 0 Å². The van der Waals surface area contributed by atoms with Crippen molar-refractivity contribution >= 4 is 11.9 Å². The number of rotatable bonds is 34. The molecule has 0 bridgehead atoms. The highest BCUT2D eigenvalue weighted by Gasteiger charge is 2.17. The van der Waals surface area contributed by atoms with Crippen LogP contribution in [0.3, 0.4) is 0 Å². The van der Waals surface area contributed by atoms with E-state index in [-0.39, 0.29) is 11.9 Å². The zero-order valence-electron chi connectivity index (χ0n) is 31.0. The molecule has 272 valence electrons. The van der Waals surface area contributed by atoms with Crippen LogP contribution in [-0.2, 0) is 19.1 Å². The van der Waals surface area contributed by atoms with Crippen molar-refractivity contribution in [3.63, 3.8) is 0 Å². The molecule has 1 aliphatic rings. The fourth-order valence-corrected chi connectivity index (χ4v) is 6.53. The molecule has 0 spiro atoms. The predicted octanol–water partition coefficient (Wildman–Crippen LogP) is 10.7. The molecule has 0 unspecified atom stereocenters. The largest absolute Gasteiger partial charge is 0.464 e. The van der Waals surface area contributed by atoms with Gasteiger partial charge in [-0.3, -0.25) is 19.4 Å². The summed E-state index contributed by atoms with van der Waals surface area (Å²) < 4.78 is 11.0. The smallest absolute Gasteiger partial charge is 0.305 e. The number of ether oxygens (including phenoxy) is 2. The van der Waals surface area contributed by atoms with Crippen molar-refractivity contribution < 1.29 is 19.1 Å². The van der Waals surface area contributed by atoms with Gasteiger partial charge in [0.2, 0.25) is 0 Å². The highest BCUT2D eigenvalue weighted by molar-refractivity contribution is 5.69. The summed E-state index contributed by atoms with van der Waals surface area (Å²) in [6.45, 7) is 11.1. The molecule has 0 saturated carbocycles. The number of carbonyl (C=O) groups is 2. The van der Waals surface area contributed by atoms with Gasteiger partial charge in [-0.15, -0.1) is 0 Å². The standard InChI is InChI=1S/C40H78N2O4/c1-3-5-7-9-11-13-15-17-19-21-23-25-27-29-39(43)45-37-35-41-31-33-42(34-32-41)36-38-46-40(44)30-28-26-24-22-20-18-16-14-12-10-8-6-4-2/h3-38H2,1-2H3. The molecule has 0 aliphatic carbocycles. The molecule has 0 aromatic carbocycles. The van der Waals surface area contributed by atoms with E-state index in [2.05, 4.69) is 23.6 Å². The summed E-state index contributed by atoms with van der Waals surface area (Å²) in [6.07, 6.45) is 35.4. The van der Waals surface area contributed by atoms with Crippen LogP contribution >= 0.6 is 0 Å². The summed E-state index contributed by atoms with van der Waals surface area (Å²) in [5, 5.41) is 0. The molecular weight excluding hydrogens is 572 g/mol. The maximum absolute atomic E-state index is 12.1. The Labute approximate surface area is 286 Å². The molecule has 0 aromatic rings. The Morgan fingerprint density at radius 3 is 0.891 bits per heavy atom. The second kappa shape index (κ2) is 33.7. The van der Waals surface area contributed by atoms with Crippen LogP contribution in [-0.4, -0.2) is 74.2 Å². The normalized spacial score (nSPS) is 14.1. The van der Waals surface area contributed by atoms with Gasteiger partial charge in [-0.2, -0.15) is 0 Å². The van der Waals surface area contributed by atoms with E-state index in [4.69, 9.17) is 9.47 Å². The van der Waals surface area contributed by atoms with E-state index < -0.39 is 0 Å². The van der Waals surface area contributed by atoms with Gasteiger partial charge in [0.1, 0.15) is 13.2 Å². The van der Waals surface area contributed by atoms with Crippen LogP contribution in [0.1, 0.15) is 194 Å². The summed E-state index contributed by atoms with van der Waals surface area (Å²) in [7, 11) is 0. The first-order chi connectivity index (χ1) is 22.7. The topological polar surface area (TPSA) is 59.1 Å². The Kier molecular flexibility index (Phi) is 31.5. The maximum atomic E-state index is 12.1. The van der Waals surface area contributed by atoms with Gasteiger partial charge in [0.15, 0.2) is 0 Å². The van der Waals surface area contributed by atoms with Crippen LogP contribution in [0.5, 0.6) is 0 Å². The average molecular weight is 651 g/mol. The van der Waals surface area contributed by atoms with Gasteiger partial charge in [-0.05, 0) is 12.8 Å². The quantitative estimate of drug-likeness (QED) is 0.0510. The minimum Gasteiger partial charge on any atom is -0.464 e. The third-order valence-electron chi connectivity index (χ3n) is 9.77. The van der Waals surface area contributed by atoms with E-state index in [1.807, 2.05) is 0 Å². The lowest BCUT2D eigenvalue weighted by atomic mass is 10.0. The summed E-state index contributed by atoms with van der Waals surface area (Å²) in [4.78, 5) is 29.0. The van der Waals surface area contributed by atoms with Crippen molar-refractivity contribution in [3.8, 4) is 0 Å². The first-order valence-corrected chi connectivity index (χ1v) is 20.4. The SMILES string of the molecule is CCCCCCCCCCCCCCCC(=O)OCCN1CCN(CCOC(=O)CCCCCCCCCCCCCCC)CC1. The number of hydrogen-bond acceptors (Lipinski definition) is 6. The Morgan fingerprint density at radius 2 is 0.630 bits per heavy atom. The van der Waals surface area contributed by atoms with Crippen LogP contribution in [0.2, 0.25) is 0 Å². The Hall–Kier alpha value is -1.14. The van der Waals surface area contributed by atoms with Crippen LogP contribution in [0.4, 0.5) is 0 Å². The molecule has 6 heteroatoms. The zero-order valence-corrected chi connectivity index (χ0v) is 31.0. The fourth-order valence-electron chi connectivity index (χ4n) is 6.53. The van der Waals surface area contributed by atoms with Gasteiger partial charge in [-0.1, -0.05) is 168 Å². The fraction of sp³-hybridized carbons (Fsp3) is 0.950. The van der Waals surface area contributed by atoms with Gasteiger partial charge in [0.05, 0.1) is 0 Å². The summed E-state index contributed by atoms with van der Waals surface area (Å²) >= 11 is 0. The summed E-state index contributed by atoms with van der Waals surface area (Å²) in [5.41, 5.74) is 0. The Morgan fingerprint density at radius 1 is 0.391 bits per heavy atom. The van der Waals surface area contributed by atoms with Crippen molar-refractivity contribution in [2.24, 2.45) is 0 Å². The lowest BCUT2D eigenvalue weighted by Gasteiger charge is -2.34. The minimum absolute atomic E-state index is 0.0395. The number of unbranched alkanes of at least 4 members (excludes halogenated alkanes) is 24. The number of nitrogens with zero attached hydrogens (tertiary/aromatic N) is 2. The monoisotopic (exact) mass is 651 g/mol. The molecule has 1 aliphatic heterocycles. The predicted molar refractivity (Wildman–Crippen MR) is 195 cm³/mol. The van der Waals surface area contributed by atoms with Gasteiger partial charge < -0.3 is 9.47 Å². The molecule has 0 N–H and O–H groups in total. The van der Waals surface area contributed by atoms with E-state index in [1.165, 1.54) is 141 Å². The van der Waals surface area contributed by atoms with Crippen LogP contribution < -0.4 is 0 Å². The average Bonchev–Trinajstić information content (AvgIpc) is 3.06. The van der Waals surface area contributed by atoms with E-state index in [0.717, 1.165) is 65.0 Å². The van der Waals surface area contributed by atoms with Gasteiger partial charge >= 0.3 is 11.9 Å². The molecular formula is C40H78N2O4. The number of piperazine rings is 1. The second-order valence-electron chi connectivity index (χ2n) is 14.1. The number of hydrogen-bond donors (Lipinski definition) is 0. The zero-order chi connectivity index (χ0) is 33.2. The van der Waals surface area contributed by atoms with E-state index in [0.29, 0.717) is 26.1 Å². The van der Waals surface area contributed by atoms with Crippen molar-refractivity contribution in [1.29, 1.82) is 0 Å². The highest BCUT2D eigenvalue weighted by atomic mass is 16.5. The first-order valence-electron chi connectivity index (χ1n) is 20.4. The molecule has 1 rings (SSSR count). The molecule has 1 heterocycles. The van der Waals surface area contributed by atoms with Crippen LogP contribution in [0, 0.1) is 0 Å². The summed E-state index contributed by atoms with van der Waals surface area (Å²) in [6, 6.07) is 0. The van der Waals surface area contributed by atoms with E-state index in [1.54, 1.807) is 0 Å². The minimum atomic E-state index is -0.0395. The van der Waals surface area contributed by atoms with Gasteiger partial charge in [0, 0.05) is 52.1 Å². The van der Waals surface area contributed by atoms with Gasteiger partial charge in [-0.25, -0.2) is 0 Å². The highest BCUT2D eigenvalue weighted by Crippen LogP contribution is 2.15. The van der Waals surface area contributed by atoms with Crippen molar-refractivity contribution in [2.45, 2.75) is 194 Å². The van der Waals surface area contributed by atoms with Crippen molar-refractivity contribution in [2.75, 3.05) is 52.5 Å². The number of carbonyl (C=O) groups excluding carboxylic acids is 2. The molecule has 0 amide bonds. The molecule has 1 fully saturated rings. The molecule has 1 saturated heterocycles. The first kappa shape index (κ1) is 42.9. The lowest BCUT2D eigenvalue weighted by Crippen LogP contribution is -2.48. The van der Waals surface area contributed by atoms with Crippen molar-refractivity contribution in [3.05, 3.63) is 0 Å². The lowest BCUT2D eigenvalue weighted by molar-refractivity contribution is -0.145. The van der Waals surface area contributed by atoms with E-state index in [9.17, 15) is 9.59 Å². The molecule has 6 nitrogen and oxygen atoms in total. The Bertz CT molecular complexity index is 610. The Balaban J connectivity index is 1.83. The van der Waals surface area contributed by atoms with Crippen LogP contribution in [0.15, 0.2) is 0 Å². The van der Waals surface area contributed by atoms with Gasteiger partial charge in [0.25, 0.3) is 0 Å². The third kappa shape index (κ3) is 29.0.